The molecule has 0 aromatic carbocycles. The van der Waals surface area contributed by atoms with Crippen molar-refractivity contribution in [2.75, 3.05) is 39.3 Å². The average Bonchev–Trinajstić information content (AvgIpc) is 3.30. The van der Waals surface area contributed by atoms with Crippen molar-refractivity contribution in [2.45, 2.75) is 83.4 Å². The molecule has 1 atom stereocenters. The quantitative estimate of drug-likeness (QED) is 0.497. The molecule has 2 aliphatic heterocycles. The highest BCUT2D eigenvalue weighted by Gasteiger charge is 2.27. The summed E-state index contributed by atoms with van der Waals surface area (Å²) in [5.74, 6) is 0.944. The zero-order valence-electron chi connectivity index (χ0n) is 19.8. The number of hydrogen-bond acceptors (Lipinski definition) is 6. The van der Waals surface area contributed by atoms with Crippen molar-refractivity contribution in [3.63, 3.8) is 0 Å². The van der Waals surface area contributed by atoms with Crippen molar-refractivity contribution in [3.05, 3.63) is 0 Å². The van der Waals surface area contributed by atoms with Crippen molar-refractivity contribution in [1.82, 2.24) is 15.1 Å². The Kier molecular flexibility index (Phi) is 14.9. The molecule has 1 saturated carbocycles. The lowest BCUT2D eigenvalue weighted by atomic mass is 9.92. The Labute approximate surface area is 192 Å². The predicted molar refractivity (Wildman–Crippen MR) is 123 cm³/mol. The van der Waals surface area contributed by atoms with Crippen LogP contribution in [0.1, 0.15) is 65.2 Å². The van der Waals surface area contributed by atoms with Crippen LogP contribution in [-0.2, 0) is 19.1 Å². The standard InChI is InChI=1S/C21H39N3O2.2CH2O2/c1-17(2)24-13-14-26-20(16-24)15-21(25)22-10-7-18-8-11-23(12-9-18)19-5-3-4-6-19;2*2-1-3/h17-20H,3-16H2,1-2H3,(H,22,25);2*1H,(H,2,3). The topological polar surface area (TPSA) is 119 Å². The summed E-state index contributed by atoms with van der Waals surface area (Å²) < 4.78 is 5.78. The third kappa shape index (κ3) is 11.2. The Hall–Kier alpha value is -1.71. The van der Waals surface area contributed by atoms with Gasteiger partial charge in [-0.25, -0.2) is 0 Å². The van der Waals surface area contributed by atoms with E-state index in [-0.39, 0.29) is 25.0 Å². The number of piperidine rings is 1. The van der Waals surface area contributed by atoms with Crippen LogP contribution in [0.4, 0.5) is 0 Å². The fourth-order valence-electron chi connectivity index (χ4n) is 4.91. The van der Waals surface area contributed by atoms with E-state index in [0.717, 1.165) is 44.6 Å². The molecule has 3 rings (SSSR count). The minimum absolute atomic E-state index is 0.0563. The molecule has 0 spiro atoms. The van der Waals surface area contributed by atoms with E-state index in [2.05, 4.69) is 29.0 Å². The van der Waals surface area contributed by atoms with Crippen LogP contribution in [0.2, 0.25) is 0 Å². The van der Waals surface area contributed by atoms with Crippen LogP contribution in [0.3, 0.4) is 0 Å². The minimum Gasteiger partial charge on any atom is -0.483 e. The Morgan fingerprint density at radius 1 is 1.06 bits per heavy atom. The molecule has 0 radical (unpaired) electrons. The molecule has 3 N–H and O–H groups in total. The van der Waals surface area contributed by atoms with Crippen LogP contribution in [0.15, 0.2) is 0 Å². The number of carbonyl (C=O) groups excluding carboxylic acids is 1. The summed E-state index contributed by atoms with van der Waals surface area (Å²) >= 11 is 0. The minimum atomic E-state index is -0.250. The van der Waals surface area contributed by atoms with Crippen LogP contribution in [0.5, 0.6) is 0 Å². The normalized spacial score (nSPS) is 22.9. The van der Waals surface area contributed by atoms with Gasteiger partial charge in [-0.3, -0.25) is 19.3 Å². The van der Waals surface area contributed by atoms with Gasteiger partial charge in [0.25, 0.3) is 12.9 Å². The summed E-state index contributed by atoms with van der Waals surface area (Å²) in [5.41, 5.74) is 0. The first-order valence-electron chi connectivity index (χ1n) is 12.0. The van der Waals surface area contributed by atoms with E-state index in [4.69, 9.17) is 24.5 Å². The fourth-order valence-corrected chi connectivity index (χ4v) is 4.91. The SMILES string of the molecule is CC(C)N1CCOC(CC(=O)NCCC2CCN(C3CCCC3)CC2)C1.O=CO.O=CO. The van der Waals surface area contributed by atoms with Gasteiger partial charge in [-0.05, 0) is 65.0 Å². The maximum Gasteiger partial charge on any atom is 0.290 e. The van der Waals surface area contributed by atoms with E-state index in [0.29, 0.717) is 12.5 Å². The summed E-state index contributed by atoms with van der Waals surface area (Å²) in [7, 11) is 0. The summed E-state index contributed by atoms with van der Waals surface area (Å²) in [6.07, 6.45) is 9.99. The van der Waals surface area contributed by atoms with E-state index in [1.54, 1.807) is 0 Å². The largest absolute Gasteiger partial charge is 0.483 e. The second kappa shape index (κ2) is 16.9. The number of carbonyl (C=O) groups is 3. The van der Waals surface area contributed by atoms with Crippen molar-refractivity contribution in [3.8, 4) is 0 Å². The molecule has 1 amide bonds. The van der Waals surface area contributed by atoms with Crippen molar-refractivity contribution in [1.29, 1.82) is 0 Å². The van der Waals surface area contributed by atoms with Crippen LogP contribution >= 0.6 is 0 Å². The number of nitrogens with one attached hydrogen (secondary N) is 1. The first-order chi connectivity index (χ1) is 15.4. The molecule has 9 heteroatoms. The number of rotatable bonds is 7. The van der Waals surface area contributed by atoms with Gasteiger partial charge in [0.2, 0.25) is 5.91 Å². The first-order valence-corrected chi connectivity index (χ1v) is 12.0. The van der Waals surface area contributed by atoms with Gasteiger partial charge in [-0.15, -0.1) is 0 Å². The van der Waals surface area contributed by atoms with Crippen molar-refractivity contribution >= 4 is 18.9 Å². The Bertz CT molecular complexity index is 514. The van der Waals surface area contributed by atoms with Crippen LogP contribution in [0.25, 0.3) is 0 Å². The van der Waals surface area contributed by atoms with Crippen molar-refractivity contribution < 1.29 is 29.3 Å². The molecule has 186 valence electrons. The highest BCUT2D eigenvalue weighted by Crippen LogP contribution is 2.28. The van der Waals surface area contributed by atoms with E-state index in [1.807, 2.05) is 0 Å². The van der Waals surface area contributed by atoms with Gasteiger partial charge in [-0.2, -0.15) is 0 Å². The highest BCUT2D eigenvalue weighted by atomic mass is 16.5. The van der Waals surface area contributed by atoms with E-state index >= 15 is 0 Å². The van der Waals surface area contributed by atoms with Crippen LogP contribution in [-0.4, -0.2) is 96.4 Å². The predicted octanol–water partition coefficient (Wildman–Crippen LogP) is 2.05. The van der Waals surface area contributed by atoms with Gasteiger partial charge in [0.05, 0.1) is 19.1 Å². The second-order valence-electron chi connectivity index (χ2n) is 9.05. The second-order valence-corrected chi connectivity index (χ2v) is 9.05. The van der Waals surface area contributed by atoms with Gasteiger partial charge in [0.1, 0.15) is 0 Å². The van der Waals surface area contributed by atoms with Gasteiger partial charge >= 0.3 is 0 Å². The maximum absolute atomic E-state index is 12.2. The molecule has 32 heavy (non-hydrogen) atoms. The molecule has 0 aromatic heterocycles. The first kappa shape index (κ1) is 28.3. The van der Waals surface area contributed by atoms with E-state index < -0.39 is 0 Å². The number of ether oxygens (including phenoxy) is 1. The van der Waals surface area contributed by atoms with Gasteiger partial charge < -0.3 is 25.2 Å². The smallest absolute Gasteiger partial charge is 0.290 e. The highest BCUT2D eigenvalue weighted by molar-refractivity contribution is 5.76. The number of carboxylic acid groups (broad SMARTS) is 2. The molecule has 3 aliphatic rings. The molecule has 0 bridgehead atoms. The molecule has 9 nitrogen and oxygen atoms in total. The lowest BCUT2D eigenvalue weighted by molar-refractivity contribution is -0.126. The number of likely N-dealkylation sites (tertiary alicyclic amines) is 1. The zero-order chi connectivity index (χ0) is 23.8. The Morgan fingerprint density at radius 3 is 2.22 bits per heavy atom. The fraction of sp³-hybridized carbons (Fsp3) is 0.870. The third-order valence-corrected chi connectivity index (χ3v) is 6.68. The van der Waals surface area contributed by atoms with Crippen molar-refractivity contribution in [2.24, 2.45) is 5.92 Å². The monoisotopic (exact) mass is 457 g/mol. The lowest BCUT2D eigenvalue weighted by Gasteiger charge is -2.36. The van der Waals surface area contributed by atoms with Gasteiger partial charge in [0, 0.05) is 31.7 Å². The molecular formula is C23H43N3O6. The Morgan fingerprint density at radius 2 is 1.66 bits per heavy atom. The summed E-state index contributed by atoms with van der Waals surface area (Å²) in [5, 5.41) is 16.9. The average molecular weight is 458 g/mol. The third-order valence-electron chi connectivity index (χ3n) is 6.68. The maximum atomic E-state index is 12.2. The van der Waals surface area contributed by atoms with Crippen LogP contribution < -0.4 is 5.32 Å². The number of nitrogens with zero attached hydrogens (tertiary/aromatic N) is 2. The van der Waals surface area contributed by atoms with E-state index in [1.165, 1.54) is 51.6 Å². The number of hydrogen-bond donors (Lipinski definition) is 3. The molecule has 3 fully saturated rings. The van der Waals surface area contributed by atoms with Gasteiger partial charge in [0.15, 0.2) is 0 Å². The molecule has 2 heterocycles. The molecule has 2 saturated heterocycles. The summed E-state index contributed by atoms with van der Waals surface area (Å²) in [6.45, 7) is 9.89. The Balaban J connectivity index is 0.000000769. The van der Waals surface area contributed by atoms with Gasteiger partial charge in [-0.1, -0.05) is 12.8 Å². The molecule has 1 aliphatic carbocycles. The zero-order valence-corrected chi connectivity index (χ0v) is 19.8. The molecular weight excluding hydrogens is 414 g/mol. The van der Waals surface area contributed by atoms with Crippen LogP contribution in [0, 0.1) is 5.92 Å². The number of amides is 1. The summed E-state index contributed by atoms with van der Waals surface area (Å²) in [4.78, 5) is 34.1. The lowest BCUT2D eigenvalue weighted by Crippen LogP contribution is -2.47. The molecule has 1 unspecified atom stereocenters. The number of morpholine rings is 1. The molecule has 0 aromatic rings. The summed E-state index contributed by atoms with van der Waals surface area (Å²) in [6, 6.07) is 1.40. The van der Waals surface area contributed by atoms with E-state index in [9.17, 15) is 4.79 Å².